The second-order valence-electron chi connectivity index (χ2n) is 7.57. The van der Waals surface area contributed by atoms with E-state index < -0.39 is 15.8 Å². The quantitative estimate of drug-likeness (QED) is 0.473. The van der Waals surface area contributed by atoms with Gasteiger partial charge in [-0.25, -0.2) is 22.8 Å². The van der Waals surface area contributed by atoms with Gasteiger partial charge in [0, 0.05) is 31.7 Å². The van der Waals surface area contributed by atoms with Crippen LogP contribution in [-0.2, 0) is 10.0 Å². The zero-order valence-corrected chi connectivity index (χ0v) is 18.0. The van der Waals surface area contributed by atoms with Crippen molar-refractivity contribution in [1.29, 1.82) is 0 Å². The number of aromatic nitrogens is 2. The molecule has 0 atom stereocenters. The van der Waals surface area contributed by atoms with E-state index >= 15 is 0 Å². The van der Waals surface area contributed by atoms with Crippen molar-refractivity contribution in [3.05, 3.63) is 84.7 Å². The molecule has 4 aromatic rings. The Bertz CT molecular complexity index is 1370. The van der Waals surface area contributed by atoms with E-state index in [1.807, 2.05) is 54.6 Å². The summed E-state index contributed by atoms with van der Waals surface area (Å²) in [7, 11) is -3.90. The molecule has 0 radical (unpaired) electrons. The molecule has 32 heavy (non-hydrogen) atoms. The number of halogens is 1. The molecule has 1 aliphatic rings. The first-order chi connectivity index (χ1) is 15.5. The highest BCUT2D eigenvalue weighted by Gasteiger charge is 2.31. The van der Waals surface area contributed by atoms with Gasteiger partial charge in [0.25, 0.3) is 0 Å². The summed E-state index contributed by atoms with van der Waals surface area (Å²) in [5.41, 5.74) is 3.29. The first kappa shape index (κ1) is 20.5. The molecule has 6 nitrogen and oxygen atoms in total. The second-order valence-corrected chi connectivity index (χ2v) is 9.48. The van der Waals surface area contributed by atoms with Crippen molar-refractivity contribution in [2.24, 2.45) is 0 Å². The molecule has 1 aromatic heterocycles. The third-order valence-corrected chi connectivity index (χ3v) is 7.52. The highest BCUT2D eigenvalue weighted by Crippen LogP contribution is 2.31. The maximum Gasteiger partial charge on any atom is 0.246 e. The minimum atomic E-state index is -3.90. The fourth-order valence-corrected chi connectivity index (χ4v) is 5.42. The molecule has 2 heterocycles. The van der Waals surface area contributed by atoms with E-state index in [-0.39, 0.29) is 18.0 Å². The average molecular weight is 449 g/mol. The minimum absolute atomic E-state index is 0.236. The Morgan fingerprint density at radius 2 is 1.31 bits per heavy atom. The maximum atomic E-state index is 14.1. The smallest absolute Gasteiger partial charge is 0.246 e. The molecule has 1 aliphatic heterocycles. The van der Waals surface area contributed by atoms with Gasteiger partial charge in [0.05, 0.1) is 11.0 Å². The predicted octanol–water partition coefficient (Wildman–Crippen LogP) is 3.95. The number of piperazine rings is 1. The van der Waals surface area contributed by atoms with E-state index in [4.69, 9.17) is 9.97 Å². The summed E-state index contributed by atoms with van der Waals surface area (Å²) in [4.78, 5) is 11.5. The third-order valence-electron chi connectivity index (χ3n) is 5.59. The first-order valence-corrected chi connectivity index (χ1v) is 11.8. The summed E-state index contributed by atoms with van der Waals surface area (Å²) >= 11 is 0. The number of hydrogen-bond donors (Lipinski definition) is 0. The van der Waals surface area contributed by atoms with Crippen LogP contribution in [0.15, 0.2) is 83.8 Å². The normalized spacial score (nSPS) is 15.2. The van der Waals surface area contributed by atoms with E-state index in [1.165, 1.54) is 28.6 Å². The van der Waals surface area contributed by atoms with Crippen molar-refractivity contribution in [1.82, 2.24) is 14.3 Å². The van der Waals surface area contributed by atoms with Crippen LogP contribution >= 0.6 is 0 Å². The lowest BCUT2D eigenvalue weighted by atomic mass is 10.1. The highest BCUT2D eigenvalue weighted by atomic mass is 32.2. The van der Waals surface area contributed by atoms with Gasteiger partial charge in [-0.3, -0.25) is 0 Å². The van der Waals surface area contributed by atoms with Crippen molar-refractivity contribution in [2.45, 2.75) is 4.90 Å². The predicted molar refractivity (Wildman–Crippen MR) is 122 cm³/mol. The zero-order chi connectivity index (χ0) is 22.1. The summed E-state index contributed by atoms with van der Waals surface area (Å²) in [6.07, 6.45) is 0. The average Bonchev–Trinajstić information content (AvgIpc) is 2.84. The maximum absolute atomic E-state index is 14.1. The van der Waals surface area contributed by atoms with Crippen LogP contribution in [0.3, 0.4) is 0 Å². The highest BCUT2D eigenvalue weighted by molar-refractivity contribution is 7.89. The molecule has 3 aromatic carbocycles. The van der Waals surface area contributed by atoms with E-state index in [9.17, 15) is 12.8 Å². The Morgan fingerprint density at radius 3 is 2.00 bits per heavy atom. The van der Waals surface area contributed by atoms with Gasteiger partial charge in [0.1, 0.15) is 16.4 Å². The Labute approximate surface area is 186 Å². The van der Waals surface area contributed by atoms with Crippen LogP contribution in [0.5, 0.6) is 0 Å². The molecule has 0 spiro atoms. The van der Waals surface area contributed by atoms with Crippen LogP contribution in [0.2, 0.25) is 0 Å². The van der Waals surface area contributed by atoms with Crippen LogP contribution in [-0.4, -0.2) is 48.9 Å². The van der Waals surface area contributed by atoms with E-state index in [0.717, 1.165) is 28.1 Å². The van der Waals surface area contributed by atoms with Gasteiger partial charge < -0.3 is 4.90 Å². The molecular formula is C24H21FN4O2S. The zero-order valence-electron chi connectivity index (χ0n) is 17.2. The SMILES string of the molecule is O=S(=O)(c1ccccc1F)N1CCN(c2nc3ccccc3nc2-c2ccccc2)CC1. The van der Waals surface area contributed by atoms with Gasteiger partial charge in [-0.1, -0.05) is 54.6 Å². The molecule has 8 heteroatoms. The summed E-state index contributed by atoms with van der Waals surface area (Å²) in [5, 5.41) is 0. The molecule has 0 bridgehead atoms. The molecular weight excluding hydrogens is 427 g/mol. The van der Waals surface area contributed by atoms with Crippen molar-refractivity contribution < 1.29 is 12.8 Å². The lowest BCUT2D eigenvalue weighted by Gasteiger charge is -2.35. The van der Waals surface area contributed by atoms with Gasteiger partial charge in [0.2, 0.25) is 10.0 Å². The van der Waals surface area contributed by atoms with E-state index in [2.05, 4.69) is 4.90 Å². The van der Waals surface area contributed by atoms with Gasteiger partial charge in [-0.2, -0.15) is 4.31 Å². The molecule has 0 saturated carbocycles. The van der Waals surface area contributed by atoms with Crippen molar-refractivity contribution in [3.63, 3.8) is 0 Å². The van der Waals surface area contributed by atoms with Crippen LogP contribution in [0.1, 0.15) is 0 Å². The number of fused-ring (bicyclic) bond motifs is 1. The number of sulfonamides is 1. The van der Waals surface area contributed by atoms with Crippen LogP contribution in [0, 0.1) is 5.82 Å². The second kappa shape index (κ2) is 8.29. The fourth-order valence-electron chi connectivity index (χ4n) is 3.93. The number of hydrogen-bond acceptors (Lipinski definition) is 5. The summed E-state index contributed by atoms with van der Waals surface area (Å²) in [5.74, 6) is -0.0143. The van der Waals surface area contributed by atoms with Gasteiger partial charge in [0.15, 0.2) is 5.82 Å². The summed E-state index contributed by atoms with van der Waals surface area (Å²) in [6, 6.07) is 23.0. The summed E-state index contributed by atoms with van der Waals surface area (Å²) < 4.78 is 41.4. The molecule has 0 N–H and O–H groups in total. The Balaban J connectivity index is 1.47. The van der Waals surface area contributed by atoms with Gasteiger partial charge >= 0.3 is 0 Å². The number of nitrogens with zero attached hydrogens (tertiary/aromatic N) is 4. The van der Waals surface area contributed by atoms with E-state index in [0.29, 0.717) is 13.1 Å². The largest absolute Gasteiger partial charge is 0.352 e. The Kier molecular flexibility index (Phi) is 5.32. The molecule has 0 amide bonds. The number of benzene rings is 3. The standard InChI is InChI=1S/C24H21FN4O2S/c25-19-10-4-7-13-22(19)32(30,31)29-16-14-28(15-17-29)24-23(18-8-2-1-3-9-18)26-20-11-5-6-12-21(20)27-24/h1-13H,14-17H2. The topological polar surface area (TPSA) is 66.4 Å². The molecule has 0 unspecified atom stereocenters. The van der Waals surface area contributed by atoms with Crippen molar-refractivity contribution >= 4 is 26.9 Å². The Hall–Kier alpha value is -3.36. The van der Waals surface area contributed by atoms with Gasteiger partial charge in [-0.05, 0) is 24.3 Å². The minimum Gasteiger partial charge on any atom is -0.352 e. The molecule has 1 fully saturated rings. The fraction of sp³-hybridized carbons (Fsp3) is 0.167. The number of anilines is 1. The lowest BCUT2D eigenvalue weighted by molar-refractivity contribution is 0.381. The number of para-hydroxylation sites is 2. The van der Waals surface area contributed by atoms with Gasteiger partial charge in [-0.15, -0.1) is 0 Å². The van der Waals surface area contributed by atoms with Crippen LogP contribution < -0.4 is 4.90 Å². The monoisotopic (exact) mass is 448 g/mol. The van der Waals surface area contributed by atoms with Crippen molar-refractivity contribution in [3.8, 4) is 11.3 Å². The third kappa shape index (κ3) is 3.72. The molecule has 162 valence electrons. The lowest BCUT2D eigenvalue weighted by Crippen LogP contribution is -2.49. The van der Waals surface area contributed by atoms with Crippen LogP contribution in [0.4, 0.5) is 10.2 Å². The molecule has 1 saturated heterocycles. The first-order valence-electron chi connectivity index (χ1n) is 10.4. The van der Waals surface area contributed by atoms with Crippen LogP contribution in [0.25, 0.3) is 22.3 Å². The molecule has 5 rings (SSSR count). The van der Waals surface area contributed by atoms with E-state index in [1.54, 1.807) is 0 Å². The molecule has 0 aliphatic carbocycles. The Morgan fingerprint density at radius 1 is 0.719 bits per heavy atom. The number of rotatable bonds is 4. The summed E-state index contributed by atoms with van der Waals surface area (Å²) in [6.45, 7) is 1.33. The van der Waals surface area contributed by atoms with Crippen molar-refractivity contribution in [2.75, 3.05) is 31.1 Å².